The van der Waals surface area contributed by atoms with Crippen LogP contribution in [0.25, 0.3) is 10.9 Å². The number of ether oxygens (including phenoxy) is 1. The van der Waals surface area contributed by atoms with E-state index in [2.05, 4.69) is 100.0 Å². The molecule has 7 rings (SSSR count). The van der Waals surface area contributed by atoms with Crippen molar-refractivity contribution in [2.45, 2.75) is 135 Å². The van der Waals surface area contributed by atoms with E-state index in [1.54, 1.807) is 0 Å². The molecule has 4 aliphatic rings. The highest BCUT2D eigenvalue weighted by atomic mass is 16.7. The van der Waals surface area contributed by atoms with Gasteiger partial charge in [0, 0.05) is 50.6 Å². The average Bonchev–Trinajstić information content (AvgIpc) is 3.56. The zero-order chi connectivity index (χ0) is 37.7. The van der Waals surface area contributed by atoms with Gasteiger partial charge in [0.2, 0.25) is 11.8 Å². The van der Waals surface area contributed by atoms with Crippen LogP contribution in [0, 0.1) is 12.8 Å². The van der Waals surface area contributed by atoms with Gasteiger partial charge in [-0.05, 0) is 116 Å². The molecule has 0 bridgehead atoms. The molecular weight excluding hydrogens is 665 g/mol. The van der Waals surface area contributed by atoms with Gasteiger partial charge in [0.05, 0.1) is 40.1 Å². The molecule has 2 amide bonds. The van der Waals surface area contributed by atoms with E-state index in [4.69, 9.17) is 19.1 Å². The summed E-state index contributed by atoms with van der Waals surface area (Å²) < 4.78 is 21.3. The standard InChI is InChI=1S/C42H60BN5O5/c1-28-33(43-52-41(4,5)42(6,7)53-43)14-10-16-35(28)51-30-19-17-29(18-20-30)12-11-23-40(2,3)48-26-24-47(25-27-48)34-15-9-13-31-37(45-46(8)38(31)34)32-21-22-36(49)44-39(32)50/h9-10,13-16,29-30,32H,11-12,17-27H2,1-8H3,(H,44,49,50)/t29-,30-,32?. The molecule has 1 aromatic heterocycles. The van der Waals surface area contributed by atoms with Crippen LogP contribution in [0.4, 0.5) is 5.69 Å². The maximum Gasteiger partial charge on any atom is 0.495 e. The molecule has 3 aliphatic heterocycles. The van der Waals surface area contributed by atoms with Crippen molar-refractivity contribution in [3.63, 3.8) is 0 Å². The first-order valence-corrected chi connectivity index (χ1v) is 20.0. The lowest BCUT2D eigenvalue weighted by atomic mass is 9.76. The van der Waals surface area contributed by atoms with E-state index >= 15 is 0 Å². The molecule has 0 radical (unpaired) electrons. The topological polar surface area (TPSA) is 98.2 Å². The van der Waals surface area contributed by atoms with E-state index in [-0.39, 0.29) is 41.8 Å². The van der Waals surface area contributed by atoms with Gasteiger partial charge in [0.15, 0.2) is 0 Å². The van der Waals surface area contributed by atoms with E-state index < -0.39 is 5.92 Å². The molecule has 4 fully saturated rings. The molecule has 1 aliphatic carbocycles. The van der Waals surface area contributed by atoms with Crippen molar-refractivity contribution in [2.75, 3.05) is 31.1 Å². The largest absolute Gasteiger partial charge is 0.495 e. The Balaban J connectivity index is 0.875. The van der Waals surface area contributed by atoms with E-state index in [0.29, 0.717) is 12.8 Å². The average molecular weight is 726 g/mol. The lowest BCUT2D eigenvalue weighted by Crippen LogP contribution is -2.54. The van der Waals surface area contributed by atoms with Gasteiger partial charge in [-0.2, -0.15) is 5.10 Å². The van der Waals surface area contributed by atoms with Crippen molar-refractivity contribution in [3.05, 3.63) is 47.7 Å². The number of rotatable bonds is 10. The summed E-state index contributed by atoms with van der Waals surface area (Å²) in [5.74, 6) is 0.889. The summed E-state index contributed by atoms with van der Waals surface area (Å²) in [7, 11) is 1.58. The maximum absolute atomic E-state index is 12.7. The Morgan fingerprint density at radius 2 is 1.62 bits per heavy atom. The number of piperidine rings is 1. The Hall–Kier alpha value is -3.41. The third-order valence-corrected chi connectivity index (χ3v) is 13.2. The van der Waals surface area contributed by atoms with Gasteiger partial charge in [-0.1, -0.05) is 37.1 Å². The Morgan fingerprint density at radius 1 is 0.943 bits per heavy atom. The molecule has 1 unspecified atom stereocenters. The fourth-order valence-electron chi connectivity index (χ4n) is 9.05. The molecule has 3 saturated heterocycles. The number of fused-ring (bicyclic) bond motifs is 1. The van der Waals surface area contributed by atoms with Gasteiger partial charge in [0.1, 0.15) is 5.75 Å². The number of carbonyl (C=O) groups is 2. The molecule has 286 valence electrons. The summed E-state index contributed by atoms with van der Waals surface area (Å²) >= 11 is 0. The van der Waals surface area contributed by atoms with Crippen molar-refractivity contribution >= 4 is 41.0 Å². The van der Waals surface area contributed by atoms with Crippen molar-refractivity contribution in [2.24, 2.45) is 13.0 Å². The second-order valence-electron chi connectivity index (χ2n) is 17.7. The lowest BCUT2D eigenvalue weighted by Gasteiger charge is -2.45. The number of aromatic nitrogens is 2. The number of aryl methyl sites for hydroxylation is 1. The Bertz CT molecular complexity index is 1810. The summed E-state index contributed by atoms with van der Waals surface area (Å²) in [6.45, 7) is 19.3. The van der Waals surface area contributed by atoms with Crippen LogP contribution in [-0.2, 0) is 25.9 Å². The highest BCUT2D eigenvalue weighted by Crippen LogP contribution is 2.39. The third kappa shape index (κ3) is 7.63. The summed E-state index contributed by atoms with van der Waals surface area (Å²) in [6, 6.07) is 12.6. The van der Waals surface area contributed by atoms with Crippen molar-refractivity contribution in [3.8, 4) is 5.75 Å². The maximum atomic E-state index is 12.7. The number of carbonyl (C=O) groups excluding carboxylic acids is 2. The van der Waals surface area contributed by atoms with Crippen LogP contribution in [0.1, 0.15) is 117 Å². The van der Waals surface area contributed by atoms with Gasteiger partial charge in [-0.3, -0.25) is 24.5 Å². The molecule has 1 saturated carbocycles. The highest BCUT2D eigenvalue weighted by Gasteiger charge is 2.52. The van der Waals surface area contributed by atoms with Crippen LogP contribution >= 0.6 is 0 Å². The van der Waals surface area contributed by atoms with Crippen LogP contribution in [0.3, 0.4) is 0 Å². The number of para-hydroxylation sites is 1. The Labute approximate surface area is 316 Å². The summed E-state index contributed by atoms with van der Waals surface area (Å²) in [6.07, 6.45) is 9.50. The monoisotopic (exact) mass is 725 g/mol. The zero-order valence-electron chi connectivity index (χ0n) is 33.3. The molecule has 53 heavy (non-hydrogen) atoms. The number of nitrogens with one attached hydrogen (secondary N) is 1. The number of imide groups is 1. The number of benzene rings is 2. The summed E-state index contributed by atoms with van der Waals surface area (Å²) in [4.78, 5) is 29.6. The van der Waals surface area contributed by atoms with E-state index in [9.17, 15) is 9.59 Å². The molecule has 10 nitrogen and oxygen atoms in total. The predicted octanol–water partition coefficient (Wildman–Crippen LogP) is 6.41. The Kier molecular flexibility index (Phi) is 10.5. The molecule has 4 heterocycles. The Morgan fingerprint density at radius 3 is 2.30 bits per heavy atom. The van der Waals surface area contributed by atoms with Gasteiger partial charge >= 0.3 is 7.12 Å². The van der Waals surface area contributed by atoms with Gasteiger partial charge in [-0.25, -0.2) is 0 Å². The van der Waals surface area contributed by atoms with Gasteiger partial charge in [-0.15, -0.1) is 0 Å². The van der Waals surface area contributed by atoms with E-state index in [0.717, 1.165) is 78.3 Å². The molecule has 1 atom stereocenters. The normalized spacial score (nSPS) is 25.2. The second-order valence-corrected chi connectivity index (χ2v) is 17.7. The van der Waals surface area contributed by atoms with Crippen molar-refractivity contribution < 1.29 is 23.6 Å². The first kappa shape index (κ1) is 37.9. The van der Waals surface area contributed by atoms with Crippen molar-refractivity contribution in [1.82, 2.24) is 20.0 Å². The fraction of sp³-hybridized carbons (Fsp3) is 0.643. The number of nitrogens with zero attached hydrogens (tertiary/aromatic N) is 4. The first-order chi connectivity index (χ1) is 25.1. The zero-order valence-corrected chi connectivity index (χ0v) is 33.3. The minimum absolute atomic E-state index is 0.142. The van der Waals surface area contributed by atoms with Crippen LogP contribution < -0.4 is 20.4 Å². The van der Waals surface area contributed by atoms with Crippen LogP contribution in [0.5, 0.6) is 5.75 Å². The van der Waals surface area contributed by atoms with E-state index in [1.807, 2.05) is 11.7 Å². The number of hydrogen-bond acceptors (Lipinski definition) is 8. The minimum Gasteiger partial charge on any atom is -0.490 e. The van der Waals surface area contributed by atoms with Crippen LogP contribution in [-0.4, -0.2) is 82.6 Å². The summed E-state index contributed by atoms with van der Waals surface area (Å²) in [5, 5.41) is 8.32. The SMILES string of the molecule is Cc1c(O[C@H]2CC[C@H](CCCC(C)(C)N3CCN(c4cccc5c(C6CCC(=O)NC6=O)nn(C)c45)CC3)CC2)cccc1B1OC(C)(C)C(C)(C)O1. The summed E-state index contributed by atoms with van der Waals surface area (Å²) in [5.41, 5.74) is 4.58. The molecule has 11 heteroatoms. The lowest BCUT2D eigenvalue weighted by molar-refractivity contribution is -0.134. The highest BCUT2D eigenvalue weighted by molar-refractivity contribution is 6.62. The van der Waals surface area contributed by atoms with Crippen LogP contribution in [0.15, 0.2) is 36.4 Å². The fourth-order valence-corrected chi connectivity index (χ4v) is 9.05. The number of amides is 2. The van der Waals surface area contributed by atoms with Crippen LogP contribution in [0.2, 0.25) is 0 Å². The quantitative estimate of drug-likeness (QED) is 0.189. The molecule has 1 N–H and O–H groups in total. The number of anilines is 1. The minimum atomic E-state index is -0.395. The number of hydrogen-bond donors (Lipinski definition) is 1. The first-order valence-electron chi connectivity index (χ1n) is 20.0. The number of piperazine rings is 1. The predicted molar refractivity (Wildman–Crippen MR) is 211 cm³/mol. The molecular formula is C42H60BN5O5. The van der Waals surface area contributed by atoms with Gasteiger partial charge in [0.25, 0.3) is 0 Å². The van der Waals surface area contributed by atoms with Gasteiger partial charge < -0.3 is 18.9 Å². The third-order valence-electron chi connectivity index (χ3n) is 13.2. The van der Waals surface area contributed by atoms with E-state index in [1.165, 1.54) is 37.8 Å². The molecule has 2 aromatic carbocycles. The smallest absolute Gasteiger partial charge is 0.490 e. The van der Waals surface area contributed by atoms with Crippen molar-refractivity contribution in [1.29, 1.82) is 0 Å². The molecule has 0 spiro atoms. The molecule has 3 aromatic rings. The second kappa shape index (κ2) is 14.7.